The summed E-state index contributed by atoms with van der Waals surface area (Å²) in [5.41, 5.74) is 0.466. The summed E-state index contributed by atoms with van der Waals surface area (Å²) in [6.07, 6.45) is 2.61. The molecule has 2 aliphatic rings. The normalized spacial score (nSPS) is 21.6. The summed E-state index contributed by atoms with van der Waals surface area (Å²) in [4.78, 5) is 15.7. The van der Waals surface area contributed by atoms with E-state index in [1.165, 1.54) is 12.8 Å². The number of carbonyl (C=O) groups is 1. The van der Waals surface area contributed by atoms with Crippen molar-refractivity contribution in [2.45, 2.75) is 26.7 Å². The maximum Gasteiger partial charge on any atom is 0.298 e. The highest BCUT2D eigenvalue weighted by Gasteiger charge is 2.53. The minimum atomic E-state index is 0.00970. The van der Waals surface area contributed by atoms with Crippen molar-refractivity contribution >= 4 is 5.91 Å². The molecule has 3 nitrogen and oxygen atoms in total. The van der Waals surface area contributed by atoms with Crippen LogP contribution in [0.5, 0.6) is 0 Å². The van der Waals surface area contributed by atoms with Crippen LogP contribution in [0.2, 0.25) is 0 Å². The quantitative estimate of drug-likeness (QED) is 0.691. The lowest BCUT2D eigenvalue weighted by molar-refractivity contribution is -0.151. The van der Waals surface area contributed by atoms with Gasteiger partial charge in [-0.05, 0) is 44.7 Å². The third-order valence-corrected chi connectivity index (χ3v) is 4.26. The van der Waals surface area contributed by atoms with Crippen molar-refractivity contribution < 1.29 is 4.79 Å². The number of hydrogen-bond donors (Lipinski definition) is 0. The maximum atomic E-state index is 11.8. The van der Waals surface area contributed by atoms with E-state index in [4.69, 9.17) is 0 Å². The smallest absolute Gasteiger partial charge is 0.298 e. The molecule has 1 saturated heterocycles. The Morgan fingerprint density at radius 2 is 2.00 bits per heavy atom. The average Bonchev–Trinajstić information content (AvgIpc) is 2.11. The molecule has 0 aromatic heterocycles. The number of hydrogen-bond acceptors (Lipinski definition) is 2. The fourth-order valence-electron chi connectivity index (χ4n) is 3.04. The molecule has 1 heterocycles. The Labute approximate surface area is 111 Å². The predicted molar refractivity (Wildman–Crippen MR) is 72.9 cm³/mol. The molecule has 0 atom stereocenters. The molecular formula is C15H24N2O. The van der Waals surface area contributed by atoms with Gasteiger partial charge in [-0.25, -0.2) is 0 Å². The van der Waals surface area contributed by atoms with Crippen molar-refractivity contribution in [3.63, 3.8) is 0 Å². The van der Waals surface area contributed by atoms with Crippen molar-refractivity contribution in [3.05, 3.63) is 0 Å². The number of amides is 1. The molecule has 0 N–H and O–H groups in total. The van der Waals surface area contributed by atoms with E-state index in [0.29, 0.717) is 12.0 Å². The molecule has 0 aromatic rings. The predicted octanol–water partition coefficient (Wildman–Crippen LogP) is 1.45. The Balaban J connectivity index is 1.73. The first-order valence-electron chi connectivity index (χ1n) is 6.84. The van der Waals surface area contributed by atoms with Crippen LogP contribution in [-0.2, 0) is 4.79 Å². The number of carbonyl (C=O) groups excluding carboxylic acids is 1. The molecule has 0 aromatic carbocycles. The van der Waals surface area contributed by atoms with E-state index < -0.39 is 0 Å². The highest BCUT2D eigenvalue weighted by molar-refractivity contribution is 5.94. The van der Waals surface area contributed by atoms with Crippen LogP contribution in [0.3, 0.4) is 0 Å². The average molecular weight is 248 g/mol. The monoisotopic (exact) mass is 248 g/mol. The van der Waals surface area contributed by atoms with Crippen LogP contribution in [-0.4, -0.2) is 49.4 Å². The van der Waals surface area contributed by atoms with Crippen LogP contribution in [0.15, 0.2) is 0 Å². The Kier molecular flexibility index (Phi) is 3.68. The van der Waals surface area contributed by atoms with Gasteiger partial charge in [-0.15, -0.1) is 0 Å². The SMILES string of the molecule is CC(C)C1CC2(C1)CN(C(=O)C#CCN(C)C)C2. The van der Waals surface area contributed by atoms with Gasteiger partial charge in [0.25, 0.3) is 5.91 Å². The van der Waals surface area contributed by atoms with Crippen LogP contribution in [0, 0.1) is 29.1 Å². The van der Waals surface area contributed by atoms with Crippen LogP contribution in [0.1, 0.15) is 26.7 Å². The minimum absolute atomic E-state index is 0.00970. The van der Waals surface area contributed by atoms with E-state index in [9.17, 15) is 4.79 Å². The maximum absolute atomic E-state index is 11.8. The summed E-state index contributed by atoms with van der Waals surface area (Å²) < 4.78 is 0. The van der Waals surface area contributed by atoms with Crippen LogP contribution < -0.4 is 0 Å². The topological polar surface area (TPSA) is 23.6 Å². The first kappa shape index (κ1) is 13.4. The molecule has 1 saturated carbocycles. The van der Waals surface area contributed by atoms with Gasteiger partial charge in [0.1, 0.15) is 0 Å². The van der Waals surface area contributed by atoms with E-state index in [0.717, 1.165) is 24.9 Å². The number of nitrogens with zero attached hydrogens (tertiary/aromatic N) is 2. The van der Waals surface area contributed by atoms with Gasteiger partial charge in [0.05, 0.1) is 6.54 Å². The first-order valence-corrected chi connectivity index (χ1v) is 6.84. The van der Waals surface area contributed by atoms with Crippen LogP contribution in [0.25, 0.3) is 0 Å². The lowest BCUT2D eigenvalue weighted by Crippen LogP contribution is -2.64. The fraction of sp³-hybridized carbons (Fsp3) is 0.800. The molecule has 2 fully saturated rings. The molecule has 2 rings (SSSR count). The second-order valence-electron chi connectivity index (χ2n) is 6.61. The zero-order chi connectivity index (χ0) is 13.3. The Hall–Kier alpha value is -1.01. The van der Waals surface area contributed by atoms with Gasteiger partial charge in [0, 0.05) is 18.5 Å². The van der Waals surface area contributed by atoms with E-state index in [1.54, 1.807) is 0 Å². The van der Waals surface area contributed by atoms with E-state index in [-0.39, 0.29) is 5.91 Å². The minimum Gasteiger partial charge on any atom is -0.331 e. The molecule has 1 spiro atoms. The molecule has 100 valence electrons. The lowest BCUT2D eigenvalue weighted by atomic mass is 9.55. The Morgan fingerprint density at radius 3 is 2.50 bits per heavy atom. The fourth-order valence-corrected chi connectivity index (χ4v) is 3.04. The molecule has 0 unspecified atom stereocenters. The number of likely N-dealkylation sites (tertiary alicyclic amines) is 1. The van der Waals surface area contributed by atoms with E-state index in [2.05, 4.69) is 25.7 Å². The van der Waals surface area contributed by atoms with Crippen molar-refractivity contribution in [2.75, 3.05) is 33.7 Å². The van der Waals surface area contributed by atoms with Gasteiger partial charge in [-0.2, -0.15) is 0 Å². The third-order valence-electron chi connectivity index (χ3n) is 4.26. The molecule has 1 amide bonds. The summed E-state index contributed by atoms with van der Waals surface area (Å²) in [7, 11) is 3.91. The van der Waals surface area contributed by atoms with Gasteiger partial charge in [0.15, 0.2) is 0 Å². The summed E-state index contributed by atoms with van der Waals surface area (Å²) >= 11 is 0. The molecule has 1 aliphatic heterocycles. The zero-order valence-corrected chi connectivity index (χ0v) is 12.0. The highest BCUT2D eigenvalue weighted by Crippen LogP contribution is 2.54. The van der Waals surface area contributed by atoms with Gasteiger partial charge in [-0.1, -0.05) is 19.8 Å². The lowest BCUT2D eigenvalue weighted by Gasteiger charge is -2.59. The second kappa shape index (κ2) is 4.93. The Morgan fingerprint density at radius 1 is 1.39 bits per heavy atom. The number of rotatable bonds is 2. The van der Waals surface area contributed by atoms with Gasteiger partial charge >= 0.3 is 0 Å². The summed E-state index contributed by atoms with van der Waals surface area (Å²) in [5, 5.41) is 0. The van der Waals surface area contributed by atoms with E-state index >= 15 is 0 Å². The molecule has 3 heteroatoms. The summed E-state index contributed by atoms with van der Waals surface area (Å²) in [6.45, 7) is 7.12. The standard InChI is InChI=1S/C15H24N2O/c1-12(2)13-8-15(9-13)10-17(11-15)14(18)6-5-7-16(3)4/h12-13H,7-11H2,1-4H3. The van der Waals surface area contributed by atoms with Crippen LogP contribution in [0.4, 0.5) is 0 Å². The highest BCUT2D eigenvalue weighted by atomic mass is 16.2. The molecular weight excluding hydrogens is 224 g/mol. The van der Waals surface area contributed by atoms with Crippen molar-refractivity contribution in [2.24, 2.45) is 17.3 Å². The van der Waals surface area contributed by atoms with Gasteiger partial charge in [0.2, 0.25) is 0 Å². The third kappa shape index (κ3) is 2.70. The second-order valence-corrected chi connectivity index (χ2v) is 6.61. The largest absolute Gasteiger partial charge is 0.331 e. The zero-order valence-electron chi connectivity index (χ0n) is 12.0. The molecule has 0 radical (unpaired) electrons. The van der Waals surface area contributed by atoms with Gasteiger partial charge < -0.3 is 4.90 Å². The molecule has 18 heavy (non-hydrogen) atoms. The first-order chi connectivity index (χ1) is 8.42. The summed E-state index contributed by atoms with van der Waals surface area (Å²) in [6, 6.07) is 0. The van der Waals surface area contributed by atoms with E-state index in [1.807, 2.05) is 23.9 Å². The molecule has 1 aliphatic carbocycles. The Bertz CT molecular complexity index is 375. The van der Waals surface area contributed by atoms with Crippen molar-refractivity contribution in [1.82, 2.24) is 9.80 Å². The van der Waals surface area contributed by atoms with Gasteiger partial charge in [-0.3, -0.25) is 9.69 Å². The molecule has 0 bridgehead atoms. The summed E-state index contributed by atoms with van der Waals surface area (Å²) in [5.74, 6) is 7.32. The van der Waals surface area contributed by atoms with Crippen LogP contribution >= 0.6 is 0 Å². The van der Waals surface area contributed by atoms with Crippen molar-refractivity contribution in [1.29, 1.82) is 0 Å². The van der Waals surface area contributed by atoms with Crippen molar-refractivity contribution in [3.8, 4) is 11.8 Å².